The van der Waals surface area contributed by atoms with Crippen molar-refractivity contribution < 1.29 is 9.53 Å². The van der Waals surface area contributed by atoms with Gasteiger partial charge in [0.15, 0.2) is 0 Å². The average Bonchev–Trinajstić information content (AvgIpc) is 3.05. The Balaban J connectivity index is 0.00000208. The van der Waals surface area contributed by atoms with Gasteiger partial charge in [-0.05, 0) is 31.0 Å². The molecule has 0 bridgehead atoms. The normalized spacial score (nSPS) is 19.9. The van der Waals surface area contributed by atoms with Crippen molar-refractivity contribution in [2.24, 2.45) is 5.41 Å². The molecule has 1 atom stereocenters. The highest BCUT2D eigenvalue weighted by molar-refractivity contribution is 5.85. The number of amides is 1. The second-order valence-corrected chi connectivity index (χ2v) is 6.14. The van der Waals surface area contributed by atoms with Crippen LogP contribution in [-0.4, -0.2) is 44.2 Å². The van der Waals surface area contributed by atoms with E-state index in [1.807, 2.05) is 18.3 Å². The minimum atomic E-state index is -0.425. The summed E-state index contributed by atoms with van der Waals surface area (Å²) in [4.78, 5) is 17.0. The number of benzene rings is 1. The van der Waals surface area contributed by atoms with Crippen LogP contribution in [0.4, 0.5) is 0 Å². The number of hydrogen-bond acceptors (Lipinski definition) is 4. The van der Waals surface area contributed by atoms with Crippen molar-refractivity contribution in [2.45, 2.75) is 12.8 Å². The zero-order valence-electron chi connectivity index (χ0n) is 13.9. The highest BCUT2D eigenvalue weighted by atomic mass is 35.5. The van der Waals surface area contributed by atoms with E-state index in [2.05, 4.69) is 33.8 Å². The fourth-order valence-electron chi connectivity index (χ4n) is 3.27. The minimum Gasteiger partial charge on any atom is -0.384 e. The molecule has 130 valence electrons. The van der Waals surface area contributed by atoms with Gasteiger partial charge in [0.05, 0.1) is 17.5 Å². The van der Waals surface area contributed by atoms with Crippen LogP contribution in [-0.2, 0) is 16.0 Å². The first-order valence-electron chi connectivity index (χ1n) is 8.06. The average molecular weight is 350 g/mol. The van der Waals surface area contributed by atoms with E-state index in [0.717, 1.165) is 35.9 Å². The SMILES string of the molecule is COCC1(C(=O)NCCc2cccc3cccnc23)CCNC1.Cl. The number of pyridine rings is 1. The van der Waals surface area contributed by atoms with Crippen LogP contribution in [0, 0.1) is 5.41 Å². The monoisotopic (exact) mass is 349 g/mol. The number of halogens is 1. The number of methoxy groups -OCH3 is 1. The molecule has 0 saturated carbocycles. The first-order chi connectivity index (χ1) is 11.2. The second kappa shape index (κ2) is 8.42. The Hall–Kier alpha value is -1.69. The molecule has 2 N–H and O–H groups in total. The molecular formula is C18H24ClN3O2. The van der Waals surface area contributed by atoms with Gasteiger partial charge in [0, 0.05) is 31.8 Å². The number of aromatic nitrogens is 1. The van der Waals surface area contributed by atoms with E-state index in [1.165, 1.54) is 0 Å². The topological polar surface area (TPSA) is 63.2 Å². The van der Waals surface area contributed by atoms with Gasteiger partial charge in [0.2, 0.25) is 5.91 Å². The molecule has 2 aromatic rings. The number of hydrogen-bond donors (Lipinski definition) is 2. The van der Waals surface area contributed by atoms with Gasteiger partial charge in [0.1, 0.15) is 0 Å². The van der Waals surface area contributed by atoms with Gasteiger partial charge >= 0.3 is 0 Å². The lowest BCUT2D eigenvalue weighted by Gasteiger charge is -2.26. The van der Waals surface area contributed by atoms with Crippen LogP contribution in [0.25, 0.3) is 10.9 Å². The lowest BCUT2D eigenvalue weighted by Crippen LogP contribution is -2.46. The van der Waals surface area contributed by atoms with E-state index in [1.54, 1.807) is 7.11 Å². The number of carbonyl (C=O) groups excluding carboxylic acids is 1. The van der Waals surface area contributed by atoms with Gasteiger partial charge in [-0.2, -0.15) is 0 Å². The van der Waals surface area contributed by atoms with Crippen LogP contribution in [0.1, 0.15) is 12.0 Å². The van der Waals surface area contributed by atoms with E-state index in [-0.39, 0.29) is 18.3 Å². The molecule has 6 heteroatoms. The third-order valence-corrected chi connectivity index (χ3v) is 4.54. The highest BCUT2D eigenvalue weighted by Crippen LogP contribution is 2.26. The van der Waals surface area contributed by atoms with Gasteiger partial charge in [-0.1, -0.05) is 24.3 Å². The number of nitrogens with zero attached hydrogens (tertiary/aromatic N) is 1. The molecule has 1 amide bonds. The summed E-state index contributed by atoms with van der Waals surface area (Å²) < 4.78 is 5.26. The molecule has 3 rings (SSSR count). The summed E-state index contributed by atoms with van der Waals surface area (Å²) in [6, 6.07) is 10.2. The van der Waals surface area contributed by atoms with Gasteiger partial charge in [0.25, 0.3) is 0 Å². The van der Waals surface area contributed by atoms with E-state index in [4.69, 9.17) is 4.74 Å². The molecule has 0 spiro atoms. The Bertz CT molecular complexity index is 682. The van der Waals surface area contributed by atoms with Gasteiger partial charge in [-0.15, -0.1) is 12.4 Å². The summed E-state index contributed by atoms with van der Waals surface area (Å²) in [7, 11) is 1.65. The molecule has 1 saturated heterocycles. The third-order valence-electron chi connectivity index (χ3n) is 4.54. The third kappa shape index (κ3) is 3.86. The van der Waals surface area contributed by atoms with Crippen molar-refractivity contribution in [1.29, 1.82) is 0 Å². The zero-order valence-corrected chi connectivity index (χ0v) is 14.7. The minimum absolute atomic E-state index is 0. The van der Waals surface area contributed by atoms with E-state index < -0.39 is 5.41 Å². The molecule has 0 radical (unpaired) electrons. The lowest BCUT2D eigenvalue weighted by atomic mass is 9.87. The van der Waals surface area contributed by atoms with Crippen molar-refractivity contribution in [3.05, 3.63) is 42.1 Å². The molecule has 1 aromatic heterocycles. The molecular weight excluding hydrogens is 326 g/mol. The fraction of sp³-hybridized carbons (Fsp3) is 0.444. The smallest absolute Gasteiger partial charge is 0.229 e. The van der Waals surface area contributed by atoms with Crippen molar-refractivity contribution in [3.63, 3.8) is 0 Å². The lowest BCUT2D eigenvalue weighted by molar-refractivity contribution is -0.132. The predicted molar refractivity (Wildman–Crippen MR) is 97.5 cm³/mol. The standard InChI is InChI=1S/C18H23N3O2.ClH/c1-23-13-18(8-11-19-12-18)17(22)21-10-7-15-5-2-4-14-6-3-9-20-16(14)15;/h2-6,9,19H,7-8,10-13H2,1H3,(H,21,22);1H. The molecule has 5 nitrogen and oxygen atoms in total. The molecule has 24 heavy (non-hydrogen) atoms. The van der Waals surface area contributed by atoms with Crippen molar-refractivity contribution in [3.8, 4) is 0 Å². The Morgan fingerprint density at radius 3 is 2.96 bits per heavy atom. The molecule has 1 aliphatic rings. The van der Waals surface area contributed by atoms with Gasteiger partial charge in [-0.25, -0.2) is 0 Å². The summed E-state index contributed by atoms with van der Waals surface area (Å²) in [5, 5.41) is 7.47. The van der Waals surface area contributed by atoms with Gasteiger partial charge in [-0.3, -0.25) is 9.78 Å². The highest BCUT2D eigenvalue weighted by Gasteiger charge is 2.41. The Morgan fingerprint density at radius 2 is 2.21 bits per heavy atom. The van der Waals surface area contributed by atoms with E-state index in [9.17, 15) is 4.79 Å². The Morgan fingerprint density at radius 1 is 1.38 bits per heavy atom. The van der Waals surface area contributed by atoms with Crippen LogP contribution in [0.15, 0.2) is 36.5 Å². The number of para-hydroxylation sites is 1. The van der Waals surface area contributed by atoms with Gasteiger partial charge < -0.3 is 15.4 Å². The molecule has 1 aliphatic heterocycles. The number of carbonyl (C=O) groups is 1. The van der Waals surface area contributed by atoms with Crippen LogP contribution in [0.5, 0.6) is 0 Å². The molecule has 1 unspecified atom stereocenters. The number of ether oxygens (including phenoxy) is 1. The Labute approximate surface area is 148 Å². The maximum atomic E-state index is 12.6. The quantitative estimate of drug-likeness (QED) is 0.836. The van der Waals surface area contributed by atoms with Crippen LogP contribution >= 0.6 is 12.4 Å². The summed E-state index contributed by atoms with van der Waals surface area (Å²) in [5.74, 6) is 0.0811. The maximum absolute atomic E-state index is 12.6. The Kier molecular flexibility index (Phi) is 6.54. The number of fused-ring (bicyclic) bond motifs is 1. The fourth-order valence-corrected chi connectivity index (χ4v) is 3.27. The summed E-state index contributed by atoms with van der Waals surface area (Å²) in [6.07, 6.45) is 3.40. The zero-order chi connectivity index (χ0) is 16.1. The largest absolute Gasteiger partial charge is 0.384 e. The summed E-state index contributed by atoms with van der Waals surface area (Å²) in [6.45, 7) is 2.62. The first kappa shape index (κ1) is 18.6. The van der Waals surface area contributed by atoms with Crippen LogP contribution < -0.4 is 10.6 Å². The predicted octanol–water partition coefficient (Wildman–Crippen LogP) is 1.94. The maximum Gasteiger partial charge on any atom is 0.229 e. The molecule has 2 heterocycles. The molecule has 1 aromatic carbocycles. The molecule has 1 fully saturated rings. The van der Waals surface area contributed by atoms with E-state index >= 15 is 0 Å². The van der Waals surface area contributed by atoms with Crippen molar-refractivity contribution in [1.82, 2.24) is 15.6 Å². The van der Waals surface area contributed by atoms with Crippen molar-refractivity contribution in [2.75, 3.05) is 33.4 Å². The van der Waals surface area contributed by atoms with Crippen molar-refractivity contribution >= 4 is 29.2 Å². The van der Waals surface area contributed by atoms with Crippen LogP contribution in [0.3, 0.4) is 0 Å². The second-order valence-electron chi connectivity index (χ2n) is 6.14. The molecule has 0 aliphatic carbocycles. The summed E-state index contributed by atoms with van der Waals surface area (Å²) in [5.41, 5.74) is 1.75. The summed E-state index contributed by atoms with van der Waals surface area (Å²) >= 11 is 0. The number of nitrogens with one attached hydrogen (secondary N) is 2. The number of rotatable bonds is 6. The van der Waals surface area contributed by atoms with E-state index in [0.29, 0.717) is 19.7 Å². The first-order valence-corrected chi connectivity index (χ1v) is 8.06. The van der Waals surface area contributed by atoms with Crippen LogP contribution in [0.2, 0.25) is 0 Å².